The predicted molar refractivity (Wildman–Crippen MR) is 115 cm³/mol. The minimum Gasteiger partial charge on any atom is -0.497 e. The molecule has 2 aromatic rings. The number of hydrogen-bond donors (Lipinski definition) is 3. The van der Waals surface area contributed by atoms with E-state index < -0.39 is 30.3 Å². The Morgan fingerprint density at radius 3 is 2.28 bits per heavy atom. The zero-order valence-electron chi connectivity index (χ0n) is 17.8. The number of carbonyl (C=O) groups is 4. The summed E-state index contributed by atoms with van der Waals surface area (Å²) in [6.45, 7) is -0.479. The second-order valence-electron chi connectivity index (χ2n) is 6.50. The number of amides is 3. The van der Waals surface area contributed by atoms with Crippen LogP contribution in [0.3, 0.4) is 0 Å². The molecule has 0 spiro atoms. The third-order valence-electron chi connectivity index (χ3n) is 4.18. The van der Waals surface area contributed by atoms with Gasteiger partial charge in [0.15, 0.2) is 6.61 Å². The first-order valence-corrected chi connectivity index (χ1v) is 9.74. The number of rotatable bonds is 10. The van der Waals surface area contributed by atoms with E-state index >= 15 is 0 Å². The van der Waals surface area contributed by atoms with Gasteiger partial charge in [0.2, 0.25) is 5.91 Å². The molecule has 2 aromatic carbocycles. The van der Waals surface area contributed by atoms with Crippen molar-refractivity contribution in [2.24, 2.45) is 0 Å². The van der Waals surface area contributed by atoms with Gasteiger partial charge >= 0.3 is 5.97 Å². The van der Waals surface area contributed by atoms with Gasteiger partial charge in [0.1, 0.15) is 11.5 Å². The summed E-state index contributed by atoms with van der Waals surface area (Å²) in [5, 5.41) is 2.58. The molecule has 0 fully saturated rings. The Morgan fingerprint density at radius 1 is 0.844 bits per heavy atom. The molecule has 0 heterocycles. The molecule has 2 rings (SSSR count). The highest BCUT2D eigenvalue weighted by Gasteiger charge is 2.12. The van der Waals surface area contributed by atoms with Gasteiger partial charge in [-0.3, -0.25) is 30.0 Å². The molecule has 3 N–H and O–H groups in total. The van der Waals surface area contributed by atoms with Crippen LogP contribution >= 0.6 is 0 Å². The summed E-state index contributed by atoms with van der Waals surface area (Å²) in [6, 6.07) is 13.3. The van der Waals surface area contributed by atoms with E-state index in [-0.39, 0.29) is 19.3 Å². The van der Waals surface area contributed by atoms with E-state index in [1.165, 1.54) is 14.2 Å². The average Bonchev–Trinajstić information content (AvgIpc) is 2.82. The van der Waals surface area contributed by atoms with Crippen molar-refractivity contribution in [2.45, 2.75) is 19.3 Å². The Hall–Kier alpha value is -4.08. The number of methoxy groups -OCH3 is 2. The molecule has 0 saturated heterocycles. The van der Waals surface area contributed by atoms with Crippen molar-refractivity contribution in [1.29, 1.82) is 0 Å². The average molecular weight is 443 g/mol. The normalized spacial score (nSPS) is 9.94. The van der Waals surface area contributed by atoms with Crippen LogP contribution in [0.4, 0.5) is 5.69 Å². The number of carbonyl (C=O) groups excluding carboxylic acids is 4. The number of esters is 1. The molecule has 0 atom stereocenters. The SMILES string of the molecule is COc1ccc(NC(=O)COC(=O)CCCC(=O)NNC(=O)c2ccccc2)c(OC)c1. The van der Waals surface area contributed by atoms with Crippen LogP contribution in [0.25, 0.3) is 0 Å². The number of ether oxygens (including phenoxy) is 3. The number of benzene rings is 2. The molecular formula is C22H25N3O7. The fraction of sp³-hybridized carbons (Fsp3) is 0.273. The van der Waals surface area contributed by atoms with Gasteiger partial charge in [-0.2, -0.15) is 0 Å². The van der Waals surface area contributed by atoms with E-state index in [9.17, 15) is 19.2 Å². The Kier molecular flexibility index (Phi) is 9.51. The van der Waals surface area contributed by atoms with Crippen LogP contribution in [0.15, 0.2) is 48.5 Å². The first-order chi connectivity index (χ1) is 15.4. The molecule has 0 aliphatic heterocycles. The summed E-state index contributed by atoms with van der Waals surface area (Å²) in [5.41, 5.74) is 5.38. The Bertz CT molecular complexity index is 948. The van der Waals surface area contributed by atoms with Crippen LogP contribution in [-0.2, 0) is 19.1 Å². The summed E-state index contributed by atoms with van der Waals surface area (Å²) in [4.78, 5) is 47.4. The molecule has 0 saturated carbocycles. The molecule has 0 aliphatic rings. The maximum absolute atomic E-state index is 12.0. The molecule has 170 valence electrons. The van der Waals surface area contributed by atoms with E-state index in [0.717, 1.165) is 0 Å². The van der Waals surface area contributed by atoms with Crippen LogP contribution < -0.4 is 25.6 Å². The van der Waals surface area contributed by atoms with Crippen molar-refractivity contribution < 1.29 is 33.4 Å². The fourth-order valence-corrected chi connectivity index (χ4v) is 2.55. The number of hydrazine groups is 1. The van der Waals surface area contributed by atoms with Gasteiger partial charge in [0, 0.05) is 24.5 Å². The molecule has 3 amide bonds. The van der Waals surface area contributed by atoms with Gasteiger partial charge < -0.3 is 19.5 Å². The summed E-state index contributed by atoms with van der Waals surface area (Å²) in [7, 11) is 2.96. The van der Waals surface area contributed by atoms with Gasteiger partial charge in [0.25, 0.3) is 11.8 Å². The van der Waals surface area contributed by atoms with Crippen LogP contribution in [0, 0.1) is 0 Å². The molecule has 0 aromatic heterocycles. The van der Waals surface area contributed by atoms with Crippen molar-refractivity contribution >= 4 is 29.4 Å². The Balaban J connectivity index is 1.64. The highest BCUT2D eigenvalue weighted by molar-refractivity contribution is 5.95. The Morgan fingerprint density at radius 2 is 1.59 bits per heavy atom. The number of nitrogens with one attached hydrogen (secondary N) is 3. The first kappa shape index (κ1) is 24.2. The van der Waals surface area contributed by atoms with E-state index in [2.05, 4.69) is 16.2 Å². The maximum Gasteiger partial charge on any atom is 0.306 e. The minimum atomic E-state index is -0.622. The number of hydrogen-bond acceptors (Lipinski definition) is 7. The van der Waals surface area contributed by atoms with E-state index in [1.807, 2.05) is 0 Å². The van der Waals surface area contributed by atoms with E-state index in [4.69, 9.17) is 14.2 Å². The highest BCUT2D eigenvalue weighted by Crippen LogP contribution is 2.28. The summed E-state index contributed by atoms with van der Waals surface area (Å²) < 4.78 is 15.2. The van der Waals surface area contributed by atoms with Crippen molar-refractivity contribution in [3.8, 4) is 11.5 Å². The van der Waals surface area contributed by atoms with Crippen molar-refractivity contribution in [3.63, 3.8) is 0 Å². The predicted octanol–water partition coefficient (Wildman–Crippen LogP) is 1.82. The molecular weight excluding hydrogens is 418 g/mol. The zero-order chi connectivity index (χ0) is 23.3. The molecule has 10 heteroatoms. The third-order valence-corrected chi connectivity index (χ3v) is 4.18. The van der Waals surface area contributed by atoms with Gasteiger partial charge in [-0.15, -0.1) is 0 Å². The fourth-order valence-electron chi connectivity index (χ4n) is 2.55. The van der Waals surface area contributed by atoms with Crippen molar-refractivity contribution in [3.05, 3.63) is 54.1 Å². The standard InChI is InChI=1S/C22H25N3O7/c1-30-16-11-12-17(18(13-16)31-2)23-20(27)14-32-21(28)10-6-9-19(26)24-25-22(29)15-7-4-3-5-8-15/h3-5,7-8,11-13H,6,9-10,14H2,1-2H3,(H,23,27)(H,24,26)(H,25,29). The quantitative estimate of drug-likeness (QED) is 0.377. The van der Waals surface area contributed by atoms with Gasteiger partial charge in [-0.25, -0.2) is 0 Å². The maximum atomic E-state index is 12.0. The highest BCUT2D eigenvalue weighted by atomic mass is 16.5. The lowest BCUT2D eigenvalue weighted by Gasteiger charge is -2.11. The molecule has 0 aliphatic carbocycles. The van der Waals surface area contributed by atoms with Crippen LogP contribution in [0.5, 0.6) is 11.5 Å². The smallest absolute Gasteiger partial charge is 0.306 e. The molecule has 0 bridgehead atoms. The summed E-state index contributed by atoms with van der Waals surface area (Å²) in [6.07, 6.45) is 0.137. The molecule has 32 heavy (non-hydrogen) atoms. The van der Waals surface area contributed by atoms with Crippen molar-refractivity contribution in [2.75, 3.05) is 26.1 Å². The molecule has 10 nitrogen and oxygen atoms in total. The van der Waals surface area contributed by atoms with E-state index in [1.54, 1.807) is 48.5 Å². The summed E-state index contributed by atoms with van der Waals surface area (Å²) in [5.74, 6) is -1.10. The Labute approximate surface area is 185 Å². The van der Waals surface area contributed by atoms with Crippen LogP contribution in [0.1, 0.15) is 29.6 Å². The van der Waals surface area contributed by atoms with Crippen LogP contribution in [-0.4, -0.2) is 44.5 Å². The second kappa shape index (κ2) is 12.6. The molecule has 0 radical (unpaired) electrons. The summed E-state index contributed by atoms with van der Waals surface area (Å²) >= 11 is 0. The van der Waals surface area contributed by atoms with Gasteiger partial charge in [0.05, 0.1) is 19.9 Å². The lowest BCUT2D eigenvalue weighted by atomic mass is 10.2. The zero-order valence-corrected chi connectivity index (χ0v) is 17.8. The lowest BCUT2D eigenvalue weighted by Crippen LogP contribution is -2.41. The van der Waals surface area contributed by atoms with E-state index in [0.29, 0.717) is 22.7 Å². The molecule has 0 unspecified atom stereocenters. The topological polar surface area (TPSA) is 132 Å². The third kappa shape index (κ3) is 7.98. The minimum absolute atomic E-state index is 0.000582. The van der Waals surface area contributed by atoms with Crippen LogP contribution in [0.2, 0.25) is 0 Å². The lowest BCUT2D eigenvalue weighted by molar-refractivity contribution is -0.147. The monoisotopic (exact) mass is 443 g/mol. The number of anilines is 1. The second-order valence-corrected chi connectivity index (χ2v) is 6.50. The van der Waals surface area contributed by atoms with Gasteiger partial charge in [-0.1, -0.05) is 18.2 Å². The largest absolute Gasteiger partial charge is 0.497 e. The van der Waals surface area contributed by atoms with Crippen molar-refractivity contribution in [1.82, 2.24) is 10.9 Å². The first-order valence-electron chi connectivity index (χ1n) is 9.74. The van der Waals surface area contributed by atoms with Gasteiger partial charge in [-0.05, 0) is 30.7 Å².